The van der Waals surface area contributed by atoms with E-state index in [9.17, 15) is 0 Å². The van der Waals surface area contributed by atoms with E-state index in [4.69, 9.17) is 5.26 Å². The molecule has 0 saturated carbocycles. The third-order valence-corrected chi connectivity index (χ3v) is 2.57. The van der Waals surface area contributed by atoms with Crippen molar-refractivity contribution in [3.63, 3.8) is 0 Å². The van der Waals surface area contributed by atoms with Crippen molar-refractivity contribution in [2.24, 2.45) is 0 Å². The fourth-order valence-corrected chi connectivity index (χ4v) is 1.62. The van der Waals surface area contributed by atoms with Crippen LogP contribution in [0.2, 0.25) is 0 Å². The van der Waals surface area contributed by atoms with E-state index < -0.39 is 0 Å². The van der Waals surface area contributed by atoms with Crippen LogP contribution in [-0.2, 0) is 0 Å². The molecular weight excluding hydrogens is 198 g/mol. The lowest BCUT2D eigenvalue weighted by atomic mass is 10.1. The summed E-state index contributed by atoms with van der Waals surface area (Å²) >= 11 is 0. The van der Waals surface area contributed by atoms with Gasteiger partial charge in [-0.25, -0.2) is 4.98 Å². The number of nitrogens with zero attached hydrogens (tertiary/aromatic N) is 2. The van der Waals surface area contributed by atoms with Gasteiger partial charge in [0.25, 0.3) is 0 Å². The maximum atomic E-state index is 8.95. The van der Waals surface area contributed by atoms with Crippen LogP contribution in [0.1, 0.15) is 25.1 Å². The Morgan fingerprint density at radius 1 is 1.38 bits per heavy atom. The summed E-state index contributed by atoms with van der Waals surface area (Å²) in [7, 11) is 0. The first-order chi connectivity index (χ1) is 7.85. The predicted molar refractivity (Wildman–Crippen MR) is 62.7 cm³/mol. The van der Waals surface area contributed by atoms with Gasteiger partial charge in [0.1, 0.15) is 11.7 Å². The first-order valence-corrected chi connectivity index (χ1v) is 5.35. The van der Waals surface area contributed by atoms with Gasteiger partial charge >= 0.3 is 0 Å². The highest BCUT2D eigenvalue weighted by Gasteiger charge is 2.12. The first kappa shape index (κ1) is 10.4. The lowest BCUT2D eigenvalue weighted by molar-refractivity contribution is 0.766. The number of hydrogen-bond donors (Lipinski definition) is 1. The Morgan fingerprint density at radius 2 is 2.12 bits per heavy atom. The summed E-state index contributed by atoms with van der Waals surface area (Å²) in [5.74, 6) is 0.612. The van der Waals surface area contributed by atoms with Gasteiger partial charge < -0.3 is 4.98 Å². The molecule has 0 spiro atoms. The minimum Gasteiger partial charge on any atom is -0.341 e. The van der Waals surface area contributed by atoms with Crippen LogP contribution in [0.25, 0.3) is 11.3 Å². The summed E-state index contributed by atoms with van der Waals surface area (Å²) in [5, 5.41) is 8.95. The van der Waals surface area contributed by atoms with Crippen molar-refractivity contribution in [2.75, 3.05) is 0 Å². The monoisotopic (exact) mass is 211 g/mol. The molecule has 0 aliphatic carbocycles. The highest BCUT2D eigenvalue weighted by atomic mass is 14.9. The standard InChI is InChI=1S/C13H13N3/c1-2-10(8-14)13-15-9-12(16-13)11-6-4-3-5-7-11/h3-7,9-10H,2H2,1H3,(H,15,16). The van der Waals surface area contributed by atoms with Crippen molar-refractivity contribution < 1.29 is 0 Å². The third kappa shape index (κ3) is 1.96. The van der Waals surface area contributed by atoms with E-state index in [1.54, 1.807) is 6.20 Å². The zero-order valence-electron chi connectivity index (χ0n) is 9.14. The molecule has 0 fully saturated rings. The summed E-state index contributed by atoms with van der Waals surface area (Å²) in [5.41, 5.74) is 2.05. The molecule has 1 unspecified atom stereocenters. The van der Waals surface area contributed by atoms with Gasteiger partial charge in [-0.2, -0.15) is 5.26 Å². The van der Waals surface area contributed by atoms with Gasteiger partial charge in [-0.1, -0.05) is 37.3 Å². The number of rotatable bonds is 3. The third-order valence-electron chi connectivity index (χ3n) is 2.57. The molecule has 3 nitrogen and oxygen atoms in total. The van der Waals surface area contributed by atoms with Crippen molar-refractivity contribution in [3.05, 3.63) is 42.4 Å². The Bertz CT molecular complexity index is 493. The van der Waals surface area contributed by atoms with Crippen molar-refractivity contribution in [1.29, 1.82) is 5.26 Å². The van der Waals surface area contributed by atoms with E-state index in [-0.39, 0.29) is 5.92 Å². The highest BCUT2D eigenvalue weighted by Crippen LogP contribution is 2.20. The molecule has 0 saturated heterocycles. The second-order valence-electron chi connectivity index (χ2n) is 3.64. The van der Waals surface area contributed by atoms with Crippen LogP contribution in [0, 0.1) is 11.3 Å². The van der Waals surface area contributed by atoms with Gasteiger partial charge in [-0.3, -0.25) is 0 Å². The molecule has 1 N–H and O–H groups in total. The largest absolute Gasteiger partial charge is 0.341 e. The van der Waals surface area contributed by atoms with Crippen molar-refractivity contribution in [1.82, 2.24) is 9.97 Å². The molecule has 1 heterocycles. The van der Waals surface area contributed by atoms with Crippen LogP contribution in [0.5, 0.6) is 0 Å². The van der Waals surface area contributed by atoms with Gasteiger partial charge in [0.05, 0.1) is 18.0 Å². The van der Waals surface area contributed by atoms with Gasteiger partial charge in [-0.15, -0.1) is 0 Å². The lowest BCUT2D eigenvalue weighted by Crippen LogP contribution is -1.95. The first-order valence-electron chi connectivity index (χ1n) is 5.35. The molecule has 0 radical (unpaired) electrons. The molecule has 2 rings (SSSR count). The van der Waals surface area contributed by atoms with Gasteiger partial charge in [-0.05, 0) is 12.0 Å². The molecular formula is C13H13N3. The van der Waals surface area contributed by atoms with E-state index in [0.717, 1.165) is 23.5 Å². The average Bonchev–Trinajstić information content (AvgIpc) is 2.81. The lowest BCUT2D eigenvalue weighted by Gasteiger charge is -2.00. The normalized spacial score (nSPS) is 12.0. The molecule has 0 bridgehead atoms. The predicted octanol–water partition coefficient (Wildman–Crippen LogP) is 3.09. The van der Waals surface area contributed by atoms with E-state index in [2.05, 4.69) is 16.0 Å². The highest BCUT2D eigenvalue weighted by molar-refractivity contribution is 5.58. The number of nitriles is 1. The second kappa shape index (κ2) is 4.63. The fraction of sp³-hybridized carbons (Fsp3) is 0.231. The zero-order valence-corrected chi connectivity index (χ0v) is 9.14. The number of imidazole rings is 1. The molecule has 2 aromatic rings. The molecule has 80 valence electrons. The van der Waals surface area contributed by atoms with Crippen LogP contribution < -0.4 is 0 Å². The van der Waals surface area contributed by atoms with Crippen LogP contribution in [0.4, 0.5) is 0 Å². The molecule has 3 heteroatoms. The maximum absolute atomic E-state index is 8.95. The summed E-state index contributed by atoms with van der Waals surface area (Å²) in [6.07, 6.45) is 2.56. The summed E-state index contributed by atoms with van der Waals surface area (Å²) < 4.78 is 0. The minimum absolute atomic E-state index is 0.141. The Balaban J connectivity index is 2.30. The van der Waals surface area contributed by atoms with Crippen molar-refractivity contribution >= 4 is 0 Å². The quantitative estimate of drug-likeness (QED) is 0.848. The van der Waals surface area contributed by atoms with Gasteiger partial charge in [0.2, 0.25) is 0 Å². The molecule has 0 amide bonds. The van der Waals surface area contributed by atoms with Crippen LogP contribution in [-0.4, -0.2) is 9.97 Å². The van der Waals surface area contributed by atoms with Crippen LogP contribution in [0.3, 0.4) is 0 Å². The fourth-order valence-electron chi connectivity index (χ4n) is 1.62. The van der Waals surface area contributed by atoms with Gasteiger partial charge in [0.15, 0.2) is 0 Å². The molecule has 1 atom stereocenters. The number of benzene rings is 1. The number of nitrogens with one attached hydrogen (secondary N) is 1. The van der Waals surface area contributed by atoms with E-state index in [0.29, 0.717) is 0 Å². The summed E-state index contributed by atoms with van der Waals surface area (Å²) in [6.45, 7) is 1.98. The Labute approximate surface area is 94.8 Å². The molecule has 1 aromatic heterocycles. The molecule has 0 aliphatic rings. The van der Waals surface area contributed by atoms with Crippen molar-refractivity contribution in [2.45, 2.75) is 19.3 Å². The second-order valence-corrected chi connectivity index (χ2v) is 3.64. The van der Waals surface area contributed by atoms with E-state index in [1.807, 2.05) is 37.3 Å². The van der Waals surface area contributed by atoms with E-state index >= 15 is 0 Å². The number of aromatic amines is 1. The Morgan fingerprint density at radius 3 is 2.75 bits per heavy atom. The maximum Gasteiger partial charge on any atom is 0.123 e. The number of hydrogen-bond acceptors (Lipinski definition) is 2. The summed E-state index contributed by atoms with van der Waals surface area (Å²) in [4.78, 5) is 7.45. The van der Waals surface area contributed by atoms with Crippen molar-refractivity contribution in [3.8, 4) is 17.3 Å². The minimum atomic E-state index is -0.141. The Kier molecular flexibility index (Phi) is 3.02. The topological polar surface area (TPSA) is 52.5 Å². The number of H-pyrrole nitrogens is 1. The Hall–Kier alpha value is -2.08. The van der Waals surface area contributed by atoms with Crippen LogP contribution >= 0.6 is 0 Å². The SMILES string of the molecule is CCC(C#N)c1ncc(-c2ccccc2)[nH]1. The summed E-state index contributed by atoms with van der Waals surface area (Å²) in [6, 6.07) is 12.2. The average molecular weight is 211 g/mol. The van der Waals surface area contributed by atoms with Gasteiger partial charge in [0, 0.05) is 0 Å². The smallest absolute Gasteiger partial charge is 0.123 e. The molecule has 16 heavy (non-hydrogen) atoms. The molecule has 0 aliphatic heterocycles. The van der Waals surface area contributed by atoms with Crippen LogP contribution in [0.15, 0.2) is 36.5 Å². The molecule has 1 aromatic carbocycles. The zero-order chi connectivity index (χ0) is 11.4. The van der Waals surface area contributed by atoms with E-state index in [1.165, 1.54) is 0 Å². The number of aromatic nitrogens is 2.